The largest absolute Gasteiger partial charge is 0.339 e. The molecule has 21 heavy (non-hydrogen) atoms. The molecule has 4 heteroatoms. The average molecular weight is 287 g/mol. The van der Waals surface area contributed by atoms with Crippen LogP contribution in [0.25, 0.3) is 0 Å². The van der Waals surface area contributed by atoms with E-state index in [1.165, 1.54) is 5.56 Å². The molecule has 3 rings (SSSR count). The average Bonchev–Trinajstić information content (AvgIpc) is 3.33. The lowest BCUT2D eigenvalue weighted by Crippen LogP contribution is -2.50. The van der Waals surface area contributed by atoms with E-state index in [0.29, 0.717) is 18.5 Å². The number of nitrogens with one attached hydrogen (secondary N) is 1. The second-order valence-corrected chi connectivity index (χ2v) is 6.06. The molecular weight excluding hydrogens is 262 g/mol. The van der Waals surface area contributed by atoms with Crippen molar-refractivity contribution in [2.45, 2.75) is 25.3 Å². The Bertz CT molecular complexity index is 468. The maximum absolute atomic E-state index is 12.2. The highest BCUT2D eigenvalue weighted by Crippen LogP contribution is 2.40. The van der Waals surface area contributed by atoms with Gasteiger partial charge < -0.3 is 15.1 Å². The Hall–Kier alpha value is -1.39. The van der Waals surface area contributed by atoms with Gasteiger partial charge in [-0.1, -0.05) is 37.3 Å². The first-order chi connectivity index (χ1) is 10.3. The van der Waals surface area contributed by atoms with Gasteiger partial charge in [-0.05, 0) is 18.5 Å². The molecule has 1 aliphatic heterocycles. The Kier molecular flexibility index (Phi) is 4.56. The third-order valence-corrected chi connectivity index (χ3v) is 4.71. The van der Waals surface area contributed by atoms with Crippen LogP contribution in [0.4, 0.5) is 0 Å². The van der Waals surface area contributed by atoms with Gasteiger partial charge in [-0.25, -0.2) is 0 Å². The maximum atomic E-state index is 12.2. The minimum Gasteiger partial charge on any atom is -0.339 e. The maximum Gasteiger partial charge on any atom is 0.236 e. The lowest BCUT2D eigenvalue weighted by molar-refractivity contribution is -0.132. The molecule has 1 aromatic carbocycles. The molecule has 114 valence electrons. The fourth-order valence-electron chi connectivity index (χ4n) is 3.13. The molecule has 1 saturated carbocycles. The fourth-order valence-corrected chi connectivity index (χ4v) is 3.13. The second-order valence-electron chi connectivity index (χ2n) is 6.06. The minimum atomic E-state index is 0.254. The van der Waals surface area contributed by atoms with Crippen molar-refractivity contribution in [1.82, 2.24) is 15.1 Å². The number of carbonyl (C=O) groups is 1. The van der Waals surface area contributed by atoms with Crippen molar-refractivity contribution < 1.29 is 4.79 Å². The number of nitrogens with zero attached hydrogens (tertiary/aromatic N) is 2. The first-order valence-electron chi connectivity index (χ1n) is 8.06. The minimum absolute atomic E-state index is 0.254. The molecule has 1 heterocycles. The summed E-state index contributed by atoms with van der Waals surface area (Å²) in [6.07, 6.45) is 1.15. The number of hydrogen-bond donors (Lipinski definition) is 1. The van der Waals surface area contributed by atoms with Gasteiger partial charge in [0, 0.05) is 38.1 Å². The summed E-state index contributed by atoms with van der Waals surface area (Å²) in [7, 11) is 0. The molecule has 2 atom stereocenters. The van der Waals surface area contributed by atoms with Gasteiger partial charge in [0.25, 0.3) is 0 Å². The lowest BCUT2D eigenvalue weighted by Gasteiger charge is -2.34. The zero-order chi connectivity index (χ0) is 14.7. The van der Waals surface area contributed by atoms with Crippen molar-refractivity contribution >= 4 is 5.91 Å². The standard InChI is InChI=1S/C17H25N3O/c1-2-19-8-10-20(11-9-19)17(21)13-18-16-12-15(16)14-6-4-3-5-7-14/h3-7,15-16,18H,2,8-13H2,1H3/t15-,16+/m1/s1. The SMILES string of the molecule is CCN1CCN(C(=O)CN[C@H]2C[C@@H]2c2ccccc2)CC1. The van der Waals surface area contributed by atoms with Gasteiger partial charge in [-0.2, -0.15) is 0 Å². The van der Waals surface area contributed by atoms with Crippen LogP contribution in [-0.2, 0) is 4.79 Å². The van der Waals surface area contributed by atoms with E-state index in [2.05, 4.69) is 41.4 Å². The summed E-state index contributed by atoms with van der Waals surface area (Å²) >= 11 is 0. The van der Waals surface area contributed by atoms with Crippen molar-refractivity contribution in [2.75, 3.05) is 39.3 Å². The molecule has 1 saturated heterocycles. The molecule has 1 aliphatic carbocycles. The first kappa shape index (κ1) is 14.5. The highest BCUT2D eigenvalue weighted by molar-refractivity contribution is 5.78. The Morgan fingerprint density at radius 2 is 1.90 bits per heavy atom. The molecular formula is C17H25N3O. The summed E-state index contributed by atoms with van der Waals surface area (Å²) in [5.74, 6) is 0.848. The number of rotatable bonds is 5. The molecule has 0 unspecified atom stereocenters. The lowest BCUT2D eigenvalue weighted by atomic mass is 10.1. The van der Waals surface area contributed by atoms with E-state index in [1.54, 1.807) is 0 Å². The summed E-state index contributed by atoms with van der Waals surface area (Å²) in [6, 6.07) is 11.1. The van der Waals surface area contributed by atoms with Crippen molar-refractivity contribution in [2.24, 2.45) is 0 Å². The van der Waals surface area contributed by atoms with Gasteiger partial charge in [0.15, 0.2) is 0 Å². The van der Waals surface area contributed by atoms with Crippen molar-refractivity contribution in [3.05, 3.63) is 35.9 Å². The predicted molar refractivity (Wildman–Crippen MR) is 84.3 cm³/mol. The molecule has 0 bridgehead atoms. The van der Waals surface area contributed by atoms with Crippen LogP contribution in [0.3, 0.4) is 0 Å². The summed E-state index contributed by atoms with van der Waals surface area (Å²) < 4.78 is 0. The van der Waals surface area contributed by atoms with E-state index in [-0.39, 0.29) is 5.91 Å². The van der Waals surface area contributed by atoms with Crippen LogP contribution in [0, 0.1) is 0 Å². The monoisotopic (exact) mass is 287 g/mol. The molecule has 1 N–H and O–H groups in total. The number of hydrogen-bond acceptors (Lipinski definition) is 3. The smallest absolute Gasteiger partial charge is 0.236 e. The van der Waals surface area contributed by atoms with E-state index in [9.17, 15) is 4.79 Å². The zero-order valence-electron chi connectivity index (χ0n) is 12.8. The Morgan fingerprint density at radius 3 is 2.57 bits per heavy atom. The van der Waals surface area contributed by atoms with Crippen LogP contribution >= 0.6 is 0 Å². The summed E-state index contributed by atoms with van der Waals surface area (Å²) in [4.78, 5) is 16.6. The normalized spacial score (nSPS) is 25.9. The van der Waals surface area contributed by atoms with Crippen molar-refractivity contribution in [1.29, 1.82) is 0 Å². The number of amides is 1. The van der Waals surface area contributed by atoms with Gasteiger partial charge in [0.05, 0.1) is 6.54 Å². The number of piperazine rings is 1. The van der Waals surface area contributed by atoms with Crippen LogP contribution in [0.15, 0.2) is 30.3 Å². The number of likely N-dealkylation sites (N-methyl/N-ethyl adjacent to an activating group) is 1. The van der Waals surface area contributed by atoms with Crippen LogP contribution < -0.4 is 5.32 Å². The Morgan fingerprint density at radius 1 is 1.19 bits per heavy atom. The van der Waals surface area contributed by atoms with Gasteiger partial charge in [0.1, 0.15) is 0 Å². The second kappa shape index (κ2) is 6.58. The van der Waals surface area contributed by atoms with Crippen LogP contribution in [-0.4, -0.2) is 61.0 Å². The number of benzene rings is 1. The first-order valence-corrected chi connectivity index (χ1v) is 8.06. The van der Waals surface area contributed by atoms with Gasteiger partial charge in [-0.3, -0.25) is 4.79 Å². The quantitative estimate of drug-likeness (QED) is 0.886. The van der Waals surface area contributed by atoms with E-state index in [1.807, 2.05) is 11.0 Å². The van der Waals surface area contributed by atoms with Gasteiger partial charge in [-0.15, -0.1) is 0 Å². The zero-order valence-corrected chi connectivity index (χ0v) is 12.8. The molecule has 2 aliphatic rings. The topological polar surface area (TPSA) is 35.6 Å². The molecule has 2 fully saturated rings. The van der Waals surface area contributed by atoms with Crippen LogP contribution in [0.1, 0.15) is 24.8 Å². The van der Waals surface area contributed by atoms with Crippen molar-refractivity contribution in [3.63, 3.8) is 0 Å². The molecule has 1 aromatic rings. The third kappa shape index (κ3) is 3.63. The molecule has 0 radical (unpaired) electrons. The number of carbonyl (C=O) groups excluding carboxylic acids is 1. The third-order valence-electron chi connectivity index (χ3n) is 4.71. The van der Waals surface area contributed by atoms with E-state index in [4.69, 9.17) is 0 Å². The van der Waals surface area contributed by atoms with Crippen LogP contribution in [0.5, 0.6) is 0 Å². The van der Waals surface area contributed by atoms with Crippen LogP contribution in [0.2, 0.25) is 0 Å². The highest BCUT2D eigenvalue weighted by Gasteiger charge is 2.38. The summed E-state index contributed by atoms with van der Waals surface area (Å²) in [5, 5.41) is 3.42. The fraction of sp³-hybridized carbons (Fsp3) is 0.588. The molecule has 1 amide bonds. The molecule has 0 spiro atoms. The summed E-state index contributed by atoms with van der Waals surface area (Å²) in [5.41, 5.74) is 1.39. The van der Waals surface area contributed by atoms with E-state index in [0.717, 1.165) is 39.1 Å². The van der Waals surface area contributed by atoms with E-state index < -0.39 is 0 Å². The van der Waals surface area contributed by atoms with Crippen molar-refractivity contribution in [3.8, 4) is 0 Å². The van der Waals surface area contributed by atoms with Gasteiger partial charge in [0.2, 0.25) is 5.91 Å². The highest BCUT2D eigenvalue weighted by atomic mass is 16.2. The molecule has 0 aromatic heterocycles. The van der Waals surface area contributed by atoms with E-state index >= 15 is 0 Å². The van der Waals surface area contributed by atoms with Gasteiger partial charge >= 0.3 is 0 Å². The Labute approximate surface area is 127 Å². The molecule has 4 nitrogen and oxygen atoms in total. The predicted octanol–water partition coefficient (Wildman–Crippen LogP) is 1.30. The Balaban J connectivity index is 1.40. The summed E-state index contributed by atoms with van der Waals surface area (Å²) in [6.45, 7) is 7.52.